The van der Waals surface area contributed by atoms with Crippen LogP contribution in [0.4, 0.5) is 0 Å². The van der Waals surface area contributed by atoms with Crippen molar-refractivity contribution in [3.05, 3.63) is 39.4 Å². The fourth-order valence-corrected chi connectivity index (χ4v) is 9.57. The molecule has 14 heteroatoms. The number of ether oxygens (including phenoxy) is 4. The predicted octanol–water partition coefficient (Wildman–Crippen LogP) is 2.43. The molecule has 6 aliphatic heterocycles. The molecule has 3 N–H and O–H groups in total. The van der Waals surface area contributed by atoms with Crippen LogP contribution in [-0.2, 0) is 25.5 Å². The van der Waals surface area contributed by atoms with E-state index in [2.05, 4.69) is 21.2 Å². The van der Waals surface area contributed by atoms with Gasteiger partial charge in [0.2, 0.25) is 12.7 Å². The summed E-state index contributed by atoms with van der Waals surface area (Å²) < 4.78 is 23.8. The Morgan fingerprint density at radius 1 is 1.11 bits per heavy atom. The van der Waals surface area contributed by atoms with Crippen molar-refractivity contribution in [3.8, 4) is 34.8 Å². The highest BCUT2D eigenvalue weighted by Gasteiger charge is 2.60. The van der Waals surface area contributed by atoms with Crippen LogP contribution in [0.5, 0.6) is 28.7 Å². The third-order valence-electron chi connectivity index (χ3n) is 9.86. The van der Waals surface area contributed by atoms with Crippen molar-refractivity contribution in [1.82, 2.24) is 15.1 Å². The van der Waals surface area contributed by atoms with Crippen LogP contribution >= 0.6 is 11.8 Å². The van der Waals surface area contributed by atoms with Crippen LogP contribution in [0.2, 0.25) is 0 Å². The molecule has 8 rings (SSSR count). The van der Waals surface area contributed by atoms with Crippen LogP contribution in [0.1, 0.15) is 64.6 Å². The third-order valence-corrected chi connectivity index (χ3v) is 11.3. The molecule has 0 aliphatic carbocycles. The van der Waals surface area contributed by atoms with Crippen LogP contribution in [-0.4, -0.2) is 88.2 Å². The molecule has 242 valence electrons. The Labute approximate surface area is 269 Å². The number of esters is 2. The number of carbonyl (C=O) groups excluding carboxylic acids is 3. The van der Waals surface area contributed by atoms with Gasteiger partial charge in [0.05, 0.1) is 23.4 Å². The number of thioether (sulfide) groups is 1. The first-order chi connectivity index (χ1) is 21.9. The predicted molar refractivity (Wildman–Crippen MR) is 163 cm³/mol. The molecule has 2 fully saturated rings. The lowest BCUT2D eigenvalue weighted by molar-refractivity contribution is -0.152. The summed E-state index contributed by atoms with van der Waals surface area (Å²) in [4.78, 5) is 42.2. The quantitative estimate of drug-likeness (QED) is 0.246. The lowest BCUT2D eigenvalue weighted by Crippen LogP contribution is -2.69. The van der Waals surface area contributed by atoms with Crippen LogP contribution in [0.3, 0.4) is 0 Å². The van der Waals surface area contributed by atoms with Crippen LogP contribution in [0.15, 0.2) is 6.07 Å². The van der Waals surface area contributed by atoms with Crippen molar-refractivity contribution in [3.63, 3.8) is 0 Å². The molecule has 2 aromatic rings. The van der Waals surface area contributed by atoms with Crippen molar-refractivity contribution >= 4 is 29.6 Å². The van der Waals surface area contributed by atoms with Crippen LogP contribution in [0, 0.1) is 25.2 Å². The maximum atomic E-state index is 13.4. The van der Waals surface area contributed by atoms with Gasteiger partial charge >= 0.3 is 11.9 Å². The molecule has 4 bridgehead atoms. The molecule has 1 amide bonds. The van der Waals surface area contributed by atoms with Gasteiger partial charge in [-0.25, -0.2) is 4.79 Å². The van der Waals surface area contributed by atoms with Crippen molar-refractivity contribution in [2.45, 2.75) is 75.6 Å². The molecule has 46 heavy (non-hydrogen) atoms. The zero-order valence-electron chi connectivity index (χ0n) is 25.9. The number of hydrogen-bond acceptors (Lipinski definition) is 13. The molecule has 0 spiro atoms. The molecule has 1 unspecified atom stereocenters. The standard InChI is InChI=1S/C32H34N4O9S/c1-12-6-16-7-18-19(8-33)36-20-9-42-32(41)17(34-14(3)37)10-46-31(25(36)24(35(18)5)21(16)27(40)26(12)39)23-22(20)30-29(43-11-44-30)13(2)28(23)45-15(4)38/h6,17-20,24-25,31,39-40H,7,9-11H2,1-5H3,(H,34,37)/t17-,18+,19-,20-,24-,25?,31+/m0/s1. The Morgan fingerprint density at radius 3 is 2.54 bits per heavy atom. The number of rotatable bonds is 2. The van der Waals surface area contributed by atoms with Crippen molar-refractivity contribution < 1.29 is 43.5 Å². The summed E-state index contributed by atoms with van der Waals surface area (Å²) in [5.41, 5.74) is 3.73. The fraction of sp³-hybridized carbons (Fsp3) is 0.500. The second-order valence-electron chi connectivity index (χ2n) is 12.4. The number of aromatic hydroxyl groups is 2. The average molecular weight is 651 g/mol. The number of fused-ring (bicyclic) bond motifs is 10. The molecular weight excluding hydrogens is 616 g/mol. The van der Waals surface area contributed by atoms with E-state index in [1.165, 1.54) is 25.6 Å². The summed E-state index contributed by atoms with van der Waals surface area (Å²) in [5.74, 6) is -0.743. The summed E-state index contributed by atoms with van der Waals surface area (Å²) in [7, 11) is 1.91. The number of benzene rings is 2. The first-order valence-electron chi connectivity index (χ1n) is 15.1. The normalized spacial score (nSPS) is 29.5. The van der Waals surface area contributed by atoms with Gasteiger partial charge < -0.3 is 34.5 Å². The minimum absolute atomic E-state index is 0.0694. The topological polar surface area (TPSA) is 171 Å². The first kappa shape index (κ1) is 30.5. The molecule has 13 nitrogen and oxygen atoms in total. The molecule has 7 atom stereocenters. The number of phenols is 2. The number of aryl methyl sites for hydroxylation is 1. The number of phenolic OH excluding ortho intramolecular Hbond substituents is 2. The Bertz CT molecular complexity index is 1740. The monoisotopic (exact) mass is 650 g/mol. The number of amides is 1. The van der Waals surface area contributed by atoms with Crippen molar-refractivity contribution in [2.24, 2.45) is 0 Å². The Kier molecular flexibility index (Phi) is 7.26. The number of likely N-dealkylation sites (N-methyl/N-ethyl adjacent to an activating group) is 1. The maximum Gasteiger partial charge on any atom is 0.329 e. The van der Waals surface area contributed by atoms with Gasteiger partial charge in [0.1, 0.15) is 24.4 Å². The number of carbonyl (C=O) groups is 3. The number of nitrogens with one attached hydrogen (secondary N) is 1. The summed E-state index contributed by atoms with van der Waals surface area (Å²) in [6, 6.07) is 0.566. The lowest BCUT2D eigenvalue weighted by Gasteiger charge is -2.61. The van der Waals surface area contributed by atoms with E-state index in [1.54, 1.807) is 13.8 Å². The minimum atomic E-state index is -0.967. The minimum Gasteiger partial charge on any atom is -0.504 e. The zero-order chi connectivity index (χ0) is 32.8. The van der Waals surface area contributed by atoms with E-state index in [4.69, 9.17) is 18.9 Å². The molecule has 0 saturated carbocycles. The summed E-state index contributed by atoms with van der Waals surface area (Å²) in [5, 5.41) is 35.4. The average Bonchev–Trinajstić information content (AvgIpc) is 3.49. The Balaban J connectivity index is 1.54. The molecule has 2 saturated heterocycles. The van der Waals surface area contributed by atoms with E-state index in [1.807, 2.05) is 13.1 Å². The first-order valence-corrected chi connectivity index (χ1v) is 16.1. The van der Waals surface area contributed by atoms with Crippen LogP contribution in [0.25, 0.3) is 0 Å². The number of nitriles is 1. The lowest BCUT2D eigenvalue weighted by atomic mass is 9.71. The Hall–Kier alpha value is -4.19. The molecule has 2 aromatic carbocycles. The van der Waals surface area contributed by atoms with Gasteiger partial charge in [-0.1, -0.05) is 6.07 Å². The summed E-state index contributed by atoms with van der Waals surface area (Å²) >= 11 is 1.36. The van der Waals surface area contributed by atoms with Gasteiger partial charge in [-0.15, -0.1) is 11.8 Å². The highest BCUT2D eigenvalue weighted by atomic mass is 32.2. The van der Waals surface area contributed by atoms with E-state index >= 15 is 0 Å². The second kappa shape index (κ2) is 11.0. The van der Waals surface area contributed by atoms with E-state index in [9.17, 15) is 29.9 Å². The third kappa shape index (κ3) is 4.32. The fourth-order valence-electron chi connectivity index (χ4n) is 8.06. The maximum absolute atomic E-state index is 13.4. The SMILES string of the molecule is CC(=O)N[C@H]1CS[C@@H]2c3c(OC(C)=O)c(C)c4c(c3[C@H](COC1=O)N1C2[C@@H]2c3c(cc(C)c(O)c3O)C[C@H]([C@@H]1C#N)N2C)OCO4. The smallest absolute Gasteiger partial charge is 0.329 e. The van der Waals surface area contributed by atoms with Crippen molar-refractivity contribution in [2.75, 3.05) is 26.2 Å². The molecule has 0 radical (unpaired) electrons. The number of nitrogens with zero attached hydrogens (tertiary/aromatic N) is 3. The van der Waals surface area contributed by atoms with E-state index in [0.29, 0.717) is 51.5 Å². The van der Waals surface area contributed by atoms with Gasteiger partial charge in [0.15, 0.2) is 23.0 Å². The second-order valence-corrected chi connectivity index (χ2v) is 13.6. The van der Waals surface area contributed by atoms with Gasteiger partial charge in [0, 0.05) is 53.9 Å². The molecular formula is C32H34N4O9S. The highest BCUT2D eigenvalue weighted by molar-refractivity contribution is 7.99. The Morgan fingerprint density at radius 2 is 1.85 bits per heavy atom. The van der Waals surface area contributed by atoms with E-state index in [-0.39, 0.29) is 36.7 Å². The zero-order valence-corrected chi connectivity index (χ0v) is 26.8. The summed E-state index contributed by atoms with van der Waals surface area (Å²) in [6.45, 7) is 5.88. The number of piperazine rings is 1. The summed E-state index contributed by atoms with van der Waals surface area (Å²) in [6.07, 6.45) is 0.435. The van der Waals surface area contributed by atoms with E-state index in [0.717, 1.165) is 5.56 Å². The van der Waals surface area contributed by atoms with Crippen LogP contribution < -0.4 is 19.5 Å². The molecule has 0 aromatic heterocycles. The highest BCUT2D eigenvalue weighted by Crippen LogP contribution is 2.64. The van der Waals surface area contributed by atoms with Gasteiger partial charge in [-0.3, -0.25) is 19.4 Å². The van der Waals surface area contributed by atoms with E-state index < -0.39 is 53.3 Å². The largest absolute Gasteiger partial charge is 0.504 e. The number of hydrogen-bond donors (Lipinski definition) is 3. The van der Waals surface area contributed by atoms with Gasteiger partial charge in [-0.2, -0.15) is 5.26 Å². The molecule has 6 aliphatic rings. The van der Waals surface area contributed by atoms with Gasteiger partial charge in [-0.05, 0) is 38.4 Å². The van der Waals surface area contributed by atoms with Crippen molar-refractivity contribution in [1.29, 1.82) is 5.26 Å². The molecule has 6 heterocycles. The van der Waals surface area contributed by atoms with Gasteiger partial charge in [0.25, 0.3) is 0 Å².